The molecule has 0 aromatic carbocycles. The fraction of sp³-hybridized carbons (Fsp3) is 0.737. The fourth-order valence-corrected chi connectivity index (χ4v) is 4.40. The molecule has 1 atom stereocenters. The molecule has 0 saturated carbocycles. The Morgan fingerprint density at radius 1 is 1.35 bits per heavy atom. The first kappa shape index (κ1) is 19.3. The van der Waals surface area contributed by atoms with Crippen molar-refractivity contribution < 1.29 is 4.79 Å². The van der Waals surface area contributed by atoms with Crippen molar-refractivity contribution in [2.45, 2.75) is 59.9 Å². The summed E-state index contributed by atoms with van der Waals surface area (Å²) in [6.45, 7) is 14.1. The maximum Gasteiger partial charge on any atom is 0.222 e. The second kappa shape index (κ2) is 8.05. The molecule has 0 radical (unpaired) electrons. The van der Waals surface area contributed by atoms with Crippen molar-refractivity contribution in [3.63, 3.8) is 0 Å². The summed E-state index contributed by atoms with van der Waals surface area (Å²) in [6.07, 6.45) is 2.36. The predicted molar refractivity (Wildman–Crippen MR) is 106 cm³/mol. The number of hydrogen-bond donors (Lipinski definition) is 1. The molecule has 7 heteroatoms. The molecule has 0 bridgehead atoms. The molecule has 1 aliphatic rings. The van der Waals surface area contributed by atoms with Gasteiger partial charge in [0.1, 0.15) is 5.01 Å². The van der Waals surface area contributed by atoms with E-state index in [0.717, 1.165) is 36.1 Å². The normalized spacial score (nSPS) is 19.0. The number of aryl methyl sites for hydroxylation is 1. The topological polar surface area (TPSA) is 62.5 Å². The number of amides is 1. The van der Waals surface area contributed by atoms with Gasteiger partial charge in [-0.2, -0.15) is 5.10 Å². The highest BCUT2D eigenvalue weighted by Gasteiger charge is 2.25. The Morgan fingerprint density at radius 3 is 2.81 bits per heavy atom. The molecule has 3 rings (SSSR count). The number of carbonyl (C=O) groups excluding carboxylic acids is 1. The van der Waals surface area contributed by atoms with Gasteiger partial charge >= 0.3 is 0 Å². The largest absolute Gasteiger partial charge is 0.356 e. The quantitative estimate of drug-likeness (QED) is 0.840. The Morgan fingerprint density at radius 2 is 2.12 bits per heavy atom. The smallest absolute Gasteiger partial charge is 0.222 e. The number of carbonyl (C=O) groups is 1. The molecule has 26 heavy (non-hydrogen) atoms. The van der Waals surface area contributed by atoms with Crippen molar-refractivity contribution in [2.24, 2.45) is 11.8 Å². The average Bonchev–Trinajstić information content (AvgIpc) is 3.10. The summed E-state index contributed by atoms with van der Waals surface area (Å²) in [6, 6.07) is 0. The standard InChI is InChI=1S/C19H31N5OS/c1-12(2)17-16(24-19(21-17)26-14(5)22-24)11-23-8-6-7-15(10-23)9-20-18(25)13(3)4/h12-13,15H,6-11H2,1-5H3,(H,20,25). The Kier molecular flexibility index (Phi) is 5.97. The Balaban J connectivity index is 1.69. The lowest BCUT2D eigenvalue weighted by Crippen LogP contribution is -2.41. The minimum Gasteiger partial charge on any atom is -0.356 e. The number of aromatic nitrogens is 3. The van der Waals surface area contributed by atoms with Gasteiger partial charge in [-0.25, -0.2) is 9.50 Å². The monoisotopic (exact) mass is 377 g/mol. The van der Waals surface area contributed by atoms with E-state index in [1.807, 2.05) is 25.3 Å². The molecule has 1 unspecified atom stereocenters. The van der Waals surface area contributed by atoms with Crippen LogP contribution in [0, 0.1) is 18.8 Å². The third kappa shape index (κ3) is 4.26. The average molecular weight is 378 g/mol. The first-order valence-corrected chi connectivity index (χ1v) is 10.5. The molecular weight excluding hydrogens is 346 g/mol. The van der Waals surface area contributed by atoms with Crippen LogP contribution >= 0.6 is 11.3 Å². The number of rotatable bonds is 6. The molecule has 1 fully saturated rings. The van der Waals surface area contributed by atoms with Gasteiger partial charge < -0.3 is 5.32 Å². The Hall–Kier alpha value is -1.47. The van der Waals surface area contributed by atoms with Crippen LogP contribution in [0.3, 0.4) is 0 Å². The lowest BCUT2D eigenvalue weighted by Gasteiger charge is -2.33. The van der Waals surface area contributed by atoms with Crippen LogP contribution in [-0.4, -0.2) is 45.0 Å². The lowest BCUT2D eigenvalue weighted by molar-refractivity contribution is -0.124. The summed E-state index contributed by atoms with van der Waals surface area (Å²) < 4.78 is 2.04. The highest BCUT2D eigenvalue weighted by molar-refractivity contribution is 7.16. The van der Waals surface area contributed by atoms with E-state index in [-0.39, 0.29) is 11.8 Å². The van der Waals surface area contributed by atoms with Gasteiger partial charge in [-0.05, 0) is 38.1 Å². The second-order valence-electron chi connectivity index (χ2n) is 8.06. The lowest BCUT2D eigenvalue weighted by atomic mass is 9.97. The molecule has 1 amide bonds. The van der Waals surface area contributed by atoms with Crippen LogP contribution in [0.4, 0.5) is 0 Å². The second-order valence-corrected chi connectivity index (χ2v) is 9.22. The molecule has 1 saturated heterocycles. The van der Waals surface area contributed by atoms with Crippen LogP contribution in [-0.2, 0) is 11.3 Å². The van der Waals surface area contributed by atoms with E-state index in [2.05, 4.69) is 29.2 Å². The number of nitrogens with one attached hydrogen (secondary N) is 1. The molecule has 2 aromatic heterocycles. The zero-order chi connectivity index (χ0) is 18.8. The summed E-state index contributed by atoms with van der Waals surface area (Å²) in [5.41, 5.74) is 2.39. The van der Waals surface area contributed by atoms with Crippen molar-refractivity contribution in [1.29, 1.82) is 0 Å². The molecule has 0 aliphatic carbocycles. The number of nitrogens with zero attached hydrogens (tertiary/aromatic N) is 4. The molecule has 1 aliphatic heterocycles. The highest BCUT2D eigenvalue weighted by Crippen LogP contribution is 2.26. The Labute approximate surface area is 160 Å². The number of piperidine rings is 1. The molecule has 2 aromatic rings. The van der Waals surface area contributed by atoms with Gasteiger partial charge in [-0.3, -0.25) is 9.69 Å². The number of likely N-dealkylation sites (tertiary alicyclic amines) is 1. The van der Waals surface area contributed by atoms with E-state index in [1.165, 1.54) is 24.2 Å². The number of imidazole rings is 1. The number of hydrogen-bond acceptors (Lipinski definition) is 5. The molecule has 0 spiro atoms. The van der Waals surface area contributed by atoms with Gasteiger partial charge in [0.25, 0.3) is 0 Å². The van der Waals surface area contributed by atoms with Gasteiger partial charge in [0.05, 0.1) is 11.4 Å². The predicted octanol–water partition coefficient (Wildman–Crippen LogP) is 3.21. The summed E-state index contributed by atoms with van der Waals surface area (Å²) in [5.74, 6) is 1.12. The van der Waals surface area contributed by atoms with Crippen molar-refractivity contribution in [1.82, 2.24) is 24.8 Å². The minimum absolute atomic E-state index is 0.0521. The maximum absolute atomic E-state index is 11.8. The van der Waals surface area contributed by atoms with Crippen molar-refractivity contribution in [3.05, 3.63) is 16.4 Å². The third-order valence-electron chi connectivity index (χ3n) is 5.04. The number of fused-ring (bicyclic) bond motifs is 1. The van der Waals surface area contributed by atoms with Crippen LogP contribution in [0.15, 0.2) is 0 Å². The molecule has 144 valence electrons. The van der Waals surface area contributed by atoms with Crippen molar-refractivity contribution in [2.75, 3.05) is 19.6 Å². The van der Waals surface area contributed by atoms with E-state index in [4.69, 9.17) is 4.98 Å². The van der Waals surface area contributed by atoms with Gasteiger partial charge in [-0.1, -0.05) is 39.0 Å². The van der Waals surface area contributed by atoms with Gasteiger partial charge in [-0.15, -0.1) is 0 Å². The molecule has 1 N–H and O–H groups in total. The fourth-order valence-electron chi connectivity index (χ4n) is 3.63. The van der Waals surface area contributed by atoms with Gasteiger partial charge in [0, 0.05) is 25.6 Å². The van der Waals surface area contributed by atoms with Crippen molar-refractivity contribution >= 4 is 22.2 Å². The van der Waals surface area contributed by atoms with E-state index in [0.29, 0.717) is 11.8 Å². The van der Waals surface area contributed by atoms with E-state index < -0.39 is 0 Å². The highest BCUT2D eigenvalue weighted by atomic mass is 32.1. The van der Waals surface area contributed by atoms with Gasteiger partial charge in [0.15, 0.2) is 0 Å². The first-order valence-electron chi connectivity index (χ1n) is 9.70. The molecule has 6 nitrogen and oxygen atoms in total. The molecular formula is C19H31N5OS. The summed E-state index contributed by atoms with van der Waals surface area (Å²) in [4.78, 5) is 20.2. The van der Waals surface area contributed by atoms with E-state index in [9.17, 15) is 4.79 Å². The van der Waals surface area contributed by atoms with Crippen LogP contribution in [0.2, 0.25) is 0 Å². The first-order chi connectivity index (χ1) is 12.3. The van der Waals surface area contributed by atoms with Crippen LogP contribution in [0.1, 0.15) is 62.8 Å². The zero-order valence-corrected chi connectivity index (χ0v) is 17.4. The minimum atomic E-state index is 0.0521. The van der Waals surface area contributed by atoms with E-state index >= 15 is 0 Å². The molecule has 3 heterocycles. The van der Waals surface area contributed by atoms with Crippen molar-refractivity contribution in [3.8, 4) is 0 Å². The van der Waals surface area contributed by atoms with Crippen LogP contribution in [0.5, 0.6) is 0 Å². The summed E-state index contributed by atoms with van der Waals surface area (Å²) in [5, 5.41) is 8.82. The SMILES string of the molecule is Cc1nn2c(CN3CCCC(CNC(=O)C(C)C)C3)c(C(C)C)nc2s1. The maximum atomic E-state index is 11.8. The summed E-state index contributed by atoms with van der Waals surface area (Å²) >= 11 is 1.66. The van der Waals surface area contributed by atoms with Crippen LogP contribution < -0.4 is 5.32 Å². The zero-order valence-electron chi connectivity index (χ0n) is 16.6. The Bertz CT molecular complexity index is 763. The van der Waals surface area contributed by atoms with E-state index in [1.54, 1.807) is 11.3 Å². The summed E-state index contributed by atoms with van der Waals surface area (Å²) in [7, 11) is 0. The van der Waals surface area contributed by atoms with Crippen LogP contribution in [0.25, 0.3) is 4.96 Å². The van der Waals surface area contributed by atoms with Gasteiger partial charge in [0.2, 0.25) is 10.9 Å². The third-order valence-corrected chi connectivity index (χ3v) is 5.87.